The van der Waals surface area contributed by atoms with Crippen LogP contribution < -0.4 is 10.6 Å². The van der Waals surface area contributed by atoms with Crippen LogP contribution in [0.2, 0.25) is 0 Å². The van der Waals surface area contributed by atoms with Gasteiger partial charge in [0.25, 0.3) is 0 Å². The van der Waals surface area contributed by atoms with E-state index < -0.39 is 23.7 Å². The van der Waals surface area contributed by atoms with Crippen molar-refractivity contribution >= 4 is 28.8 Å². The predicted molar refractivity (Wildman–Crippen MR) is 149 cm³/mol. The monoisotopic (exact) mass is 530 g/mol. The molecule has 0 bridgehead atoms. The molecule has 5 rings (SSSR count). The number of hydrogen-bond acceptors (Lipinski definition) is 5. The van der Waals surface area contributed by atoms with Crippen LogP contribution in [0.1, 0.15) is 63.8 Å². The first kappa shape index (κ1) is 26.8. The Balaban J connectivity index is 1.59. The van der Waals surface area contributed by atoms with Gasteiger partial charge >= 0.3 is 0 Å². The molecule has 1 aromatic heterocycles. The van der Waals surface area contributed by atoms with Crippen LogP contribution in [-0.2, 0) is 34.3 Å². The average Bonchev–Trinajstić information content (AvgIpc) is 3.45. The van der Waals surface area contributed by atoms with Crippen LogP contribution in [0.4, 0.5) is 0 Å². The van der Waals surface area contributed by atoms with Gasteiger partial charge in [-0.15, -0.1) is 5.10 Å². The number of amides is 3. The van der Waals surface area contributed by atoms with Crippen LogP contribution >= 0.6 is 0 Å². The number of carbonyl (C=O) groups excluding carboxylic acids is 3. The maximum Gasteiger partial charge on any atom is 0.247 e. The van der Waals surface area contributed by atoms with Gasteiger partial charge in [0, 0.05) is 12.6 Å². The molecule has 2 aliphatic rings. The fourth-order valence-electron chi connectivity index (χ4n) is 5.98. The van der Waals surface area contributed by atoms with E-state index in [1.54, 1.807) is 16.6 Å². The lowest BCUT2D eigenvalue weighted by Gasteiger charge is -2.45. The molecule has 3 atom stereocenters. The van der Waals surface area contributed by atoms with Gasteiger partial charge < -0.3 is 15.5 Å². The first-order valence-corrected chi connectivity index (χ1v) is 13.7. The molecule has 206 valence electrons. The normalized spacial score (nSPS) is 20.8. The minimum Gasteiger partial charge on any atom is -0.349 e. The highest BCUT2D eigenvalue weighted by atomic mass is 16.2. The van der Waals surface area contributed by atoms with Gasteiger partial charge in [0.05, 0.1) is 5.52 Å². The lowest BCUT2D eigenvalue weighted by atomic mass is 9.87. The summed E-state index contributed by atoms with van der Waals surface area (Å²) in [5.41, 5.74) is 3.92. The summed E-state index contributed by atoms with van der Waals surface area (Å²) >= 11 is 0. The maximum absolute atomic E-state index is 14.5. The number of nitrogens with zero attached hydrogens (tertiary/aromatic N) is 4. The highest BCUT2D eigenvalue weighted by Gasteiger charge is 2.49. The Bertz CT molecular complexity index is 1400. The lowest BCUT2D eigenvalue weighted by molar-refractivity contribution is -0.158. The SMILES string of the molecule is CC(C)CC1C(=O)NC(C2Cc3ccccc3C2)C(=O)N1C(C(=O)NC(C)(C)C)c1ccc2c(c1)nnn2C. The molecule has 0 spiro atoms. The second-order valence-electron chi connectivity index (χ2n) is 12.4. The average molecular weight is 531 g/mol. The quantitative estimate of drug-likeness (QED) is 0.509. The molecule has 0 radical (unpaired) electrons. The van der Waals surface area contributed by atoms with Crippen molar-refractivity contribution in [2.24, 2.45) is 18.9 Å². The molecule has 9 heteroatoms. The molecule has 9 nitrogen and oxygen atoms in total. The van der Waals surface area contributed by atoms with E-state index in [1.165, 1.54) is 11.1 Å². The number of nitrogens with one attached hydrogen (secondary N) is 2. The van der Waals surface area contributed by atoms with Crippen LogP contribution in [0.5, 0.6) is 0 Å². The topological polar surface area (TPSA) is 109 Å². The van der Waals surface area contributed by atoms with Gasteiger partial charge in [0.2, 0.25) is 17.7 Å². The molecule has 39 heavy (non-hydrogen) atoms. The highest BCUT2D eigenvalue weighted by Crippen LogP contribution is 2.36. The van der Waals surface area contributed by atoms with Gasteiger partial charge in [-0.05, 0) is 80.7 Å². The molecule has 3 unspecified atom stereocenters. The number of aromatic nitrogens is 3. The summed E-state index contributed by atoms with van der Waals surface area (Å²) in [5.74, 6) is -0.687. The number of aryl methyl sites for hydroxylation is 1. The summed E-state index contributed by atoms with van der Waals surface area (Å²) in [4.78, 5) is 43.7. The molecule has 1 saturated heterocycles. The van der Waals surface area contributed by atoms with E-state index in [0.29, 0.717) is 30.3 Å². The Morgan fingerprint density at radius 1 is 1.10 bits per heavy atom. The van der Waals surface area contributed by atoms with Crippen molar-refractivity contribution in [1.29, 1.82) is 0 Å². The first-order valence-electron chi connectivity index (χ1n) is 13.7. The molecule has 0 saturated carbocycles. The van der Waals surface area contributed by atoms with Crippen LogP contribution in [0, 0.1) is 11.8 Å². The van der Waals surface area contributed by atoms with Gasteiger partial charge in [0.15, 0.2) is 0 Å². The van der Waals surface area contributed by atoms with E-state index in [2.05, 4.69) is 33.1 Å². The summed E-state index contributed by atoms with van der Waals surface area (Å²) < 4.78 is 1.66. The first-order chi connectivity index (χ1) is 18.4. The van der Waals surface area contributed by atoms with Gasteiger partial charge in [-0.1, -0.05) is 49.4 Å². The van der Waals surface area contributed by atoms with Crippen molar-refractivity contribution in [3.05, 3.63) is 59.2 Å². The van der Waals surface area contributed by atoms with Crippen molar-refractivity contribution < 1.29 is 14.4 Å². The number of fused-ring (bicyclic) bond motifs is 2. The van der Waals surface area contributed by atoms with Crippen molar-refractivity contribution in [1.82, 2.24) is 30.5 Å². The number of hydrogen-bond donors (Lipinski definition) is 2. The third-order valence-electron chi connectivity index (χ3n) is 7.68. The van der Waals surface area contributed by atoms with Gasteiger partial charge in [0.1, 0.15) is 23.6 Å². The second kappa shape index (κ2) is 10.1. The lowest BCUT2D eigenvalue weighted by Crippen LogP contribution is -2.67. The smallest absolute Gasteiger partial charge is 0.247 e. The third kappa shape index (κ3) is 5.27. The van der Waals surface area contributed by atoms with E-state index in [9.17, 15) is 14.4 Å². The van der Waals surface area contributed by atoms with Crippen LogP contribution in [0.15, 0.2) is 42.5 Å². The molecular weight excluding hydrogens is 492 g/mol. The molecule has 1 fully saturated rings. The van der Waals surface area contributed by atoms with Crippen molar-refractivity contribution in [2.75, 3.05) is 0 Å². The molecular formula is C30H38N6O3. The molecule has 1 aliphatic carbocycles. The van der Waals surface area contributed by atoms with Crippen LogP contribution in [-0.4, -0.2) is 55.2 Å². The number of benzene rings is 2. The largest absolute Gasteiger partial charge is 0.349 e. The molecule has 3 amide bonds. The Morgan fingerprint density at radius 2 is 1.77 bits per heavy atom. The zero-order valence-electron chi connectivity index (χ0n) is 23.6. The van der Waals surface area contributed by atoms with Crippen molar-refractivity contribution in [3.63, 3.8) is 0 Å². The number of carbonyl (C=O) groups is 3. The Labute approximate surface area is 229 Å². The van der Waals surface area contributed by atoms with E-state index in [4.69, 9.17) is 0 Å². The van der Waals surface area contributed by atoms with E-state index in [1.807, 2.05) is 65.0 Å². The summed E-state index contributed by atoms with van der Waals surface area (Å²) in [6.07, 6.45) is 1.86. The molecule has 2 N–H and O–H groups in total. The van der Waals surface area contributed by atoms with Gasteiger partial charge in [-0.2, -0.15) is 0 Å². The Hall–Kier alpha value is -3.75. The number of piperazine rings is 1. The van der Waals surface area contributed by atoms with Crippen LogP contribution in [0.3, 0.4) is 0 Å². The molecule has 1 aliphatic heterocycles. The van der Waals surface area contributed by atoms with E-state index >= 15 is 0 Å². The van der Waals surface area contributed by atoms with Gasteiger partial charge in [-0.3, -0.25) is 14.4 Å². The Morgan fingerprint density at radius 3 is 2.38 bits per heavy atom. The second-order valence-corrected chi connectivity index (χ2v) is 12.4. The molecule has 2 heterocycles. The minimum absolute atomic E-state index is 0.0739. The van der Waals surface area contributed by atoms with Crippen molar-refractivity contribution in [3.8, 4) is 0 Å². The van der Waals surface area contributed by atoms with Gasteiger partial charge in [-0.25, -0.2) is 4.68 Å². The fraction of sp³-hybridized carbons (Fsp3) is 0.500. The number of rotatable bonds is 6. The summed E-state index contributed by atoms with van der Waals surface area (Å²) in [5, 5.41) is 14.5. The summed E-state index contributed by atoms with van der Waals surface area (Å²) in [7, 11) is 1.81. The summed E-state index contributed by atoms with van der Waals surface area (Å²) in [6.45, 7) is 9.76. The minimum atomic E-state index is -0.996. The zero-order valence-corrected chi connectivity index (χ0v) is 23.6. The standard InChI is InChI=1S/C30H38N6O3/c1-17(2)13-24-27(37)31-25(21-14-18-9-7-8-10-19(18)15-21)29(39)36(24)26(28(38)32-30(3,4)5)20-11-12-23-22(16-20)33-34-35(23)6/h7-12,16-17,21,24-26H,13-15H2,1-6H3,(H,31,37)(H,32,38). The maximum atomic E-state index is 14.5. The van der Waals surface area contributed by atoms with E-state index in [0.717, 1.165) is 5.52 Å². The van der Waals surface area contributed by atoms with Crippen LogP contribution in [0.25, 0.3) is 11.0 Å². The van der Waals surface area contributed by atoms with Crippen molar-refractivity contribution in [2.45, 2.75) is 77.5 Å². The molecule has 3 aromatic rings. The Kier molecular flexibility index (Phi) is 6.95. The zero-order chi connectivity index (χ0) is 28.1. The highest BCUT2D eigenvalue weighted by molar-refractivity contribution is 6.00. The summed E-state index contributed by atoms with van der Waals surface area (Å²) in [6, 6.07) is 11.2. The molecule has 2 aromatic carbocycles. The predicted octanol–water partition coefficient (Wildman–Crippen LogP) is 3.08. The van der Waals surface area contributed by atoms with E-state index in [-0.39, 0.29) is 29.6 Å². The fourth-order valence-corrected chi connectivity index (χ4v) is 5.98. The third-order valence-corrected chi connectivity index (χ3v) is 7.68.